The highest BCUT2D eigenvalue weighted by Crippen LogP contribution is 2.15. The maximum absolute atomic E-state index is 12.8. The molecule has 0 fully saturated rings. The molecule has 2 aromatic carbocycles. The van der Waals surface area contributed by atoms with Crippen molar-refractivity contribution in [2.75, 3.05) is 18.9 Å². The van der Waals surface area contributed by atoms with Crippen LogP contribution in [0.2, 0.25) is 0 Å². The topological polar surface area (TPSA) is 130 Å². The van der Waals surface area contributed by atoms with Crippen LogP contribution in [0.1, 0.15) is 50.2 Å². The number of nitrogens with zero attached hydrogens (tertiary/aromatic N) is 3. The maximum atomic E-state index is 12.8. The van der Waals surface area contributed by atoms with Crippen molar-refractivity contribution in [3.8, 4) is 5.75 Å². The van der Waals surface area contributed by atoms with Crippen LogP contribution in [0.5, 0.6) is 5.75 Å². The van der Waals surface area contributed by atoms with E-state index in [0.29, 0.717) is 25.3 Å². The molecule has 2 rings (SSSR count). The maximum Gasteiger partial charge on any atom is 0.324 e. The number of rotatable bonds is 17. The highest BCUT2D eigenvalue weighted by atomic mass is 32.2. The molecule has 0 aliphatic heterocycles. The van der Waals surface area contributed by atoms with Crippen molar-refractivity contribution in [2.24, 2.45) is 5.11 Å². The van der Waals surface area contributed by atoms with Gasteiger partial charge in [0.25, 0.3) is 0 Å². The first-order valence-electron chi connectivity index (χ1n) is 11.9. The first kappa shape index (κ1) is 28.2. The Balaban J connectivity index is 1.95. The highest BCUT2D eigenvalue weighted by molar-refractivity contribution is 7.89. The smallest absolute Gasteiger partial charge is 0.324 e. The normalized spacial score (nSPS) is 11.9. The quantitative estimate of drug-likeness (QED) is 0.108. The van der Waals surface area contributed by atoms with Gasteiger partial charge in [0.15, 0.2) is 0 Å². The van der Waals surface area contributed by atoms with Gasteiger partial charge < -0.3 is 9.47 Å². The SMILES string of the molecule is CCCCS(=O)(=O)N[C@@H](Cc1ccc(OCCCCCN=[N+]=[N-])cc1)C(=O)OCc1ccccc1. The van der Waals surface area contributed by atoms with Gasteiger partial charge >= 0.3 is 5.97 Å². The van der Waals surface area contributed by atoms with E-state index in [1.54, 1.807) is 12.1 Å². The number of nitrogens with one attached hydrogen (secondary N) is 1. The molecule has 2 aromatic rings. The summed E-state index contributed by atoms with van der Waals surface area (Å²) in [5, 5.41) is 3.50. The summed E-state index contributed by atoms with van der Waals surface area (Å²) in [6, 6.07) is 15.4. The molecule has 0 radical (unpaired) electrons. The predicted octanol–water partition coefficient (Wildman–Crippen LogP) is 4.92. The second-order valence-electron chi connectivity index (χ2n) is 8.15. The lowest BCUT2D eigenvalue weighted by molar-refractivity contribution is -0.147. The van der Waals surface area contributed by atoms with E-state index in [9.17, 15) is 13.2 Å². The van der Waals surface area contributed by atoms with Crippen LogP contribution >= 0.6 is 0 Å². The molecule has 0 saturated heterocycles. The molecular weight excluding hydrogens is 468 g/mol. The van der Waals surface area contributed by atoms with Gasteiger partial charge in [-0.2, -0.15) is 0 Å². The summed E-state index contributed by atoms with van der Waals surface area (Å²) in [4.78, 5) is 15.5. The second kappa shape index (κ2) is 15.8. The number of benzene rings is 2. The molecule has 10 heteroatoms. The van der Waals surface area contributed by atoms with Crippen LogP contribution in [0, 0.1) is 0 Å². The first-order valence-corrected chi connectivity index (χ1v) is 13.5. The molecule has 9 nitrogen and oxygen atoms in total. The molecule has 0 unspecified atom stereocenters. The monoisotopic (exact) mass is 502 g/mol. The lowest BCUT2D eigenvalue weighted by Gasteiger charge is -2.18. The minimum Gasteiger partial charge on any atom is -0.494 e. The minimum absolute atomic E-state index is 0.0401. The zero-order chi connectivity index (χ0) is 25.4. The number of sulfonamides is 1. The fraction of sp³-hybridized carbons (Fsp3) is 0.480. The molecule has 1 N–H and O–H groups in total. The molecular formula is C25H34N4O5S. The highest BCUT2D eigenvalue weighted by Gasteiger charge is 2.26. The molecule has 0 amide bonds. The van der Waals surface area contributed by atoms with Gasteiger partial charge in [-0.25, -0.2) is 13.1 Å². The molecule has 0 aromatic heterocycles. The van der Waals surface area contributed by atoms with Gasteiger partial charge in [0, 0.05) is 11.5 Å². The molecule has 0 heterocycles. The van der Waals surface area contributed by atoms with Gasteiger partial charge in [-0.1, -0.05) is 60.9 Å². The summed E-state index contributed by atoms with van der Waals surface area (Å²) >= 11 is 0. The van der Waals surface area contributed by atoms with Crippen molar-refractivity contribution < 1.29 is 22.7 Å². The average molecular weight is 503 g/mol. The van der Waals surface area contributed by atoms with E-state index in [4.69, 9.17) is 15.0 Å². The predicted molar refractivity (Wildman–Crippen MR) is 135 cm³/mol. The van der Waals surface area contributed by atoms with Gasteiger partial charge in [0.2, 0.25) is 10.0 Å². The van der Waals surface area contributed by atoms with Crippen molar-refractivity contribution in [3.05, 3.63) is 76.2 Å². The van der Waals surface area contributed by atoms with Crippen LogP contribution in [0.3, 0.4) is 0 Å². The lowest BCUT2D eigenvalue weighted by atomic mass is 10.1. The van der Waals surface area contributed by atoms with Crippen molar-refractivity contribution in [1.82, 2.24) is 4.72 Å². The molecule has 0 aliphatic carbocycles. The summed E-state index contributed by atoms with van der Waals surface area (Å²) in [5.41, 5.74) is 9.87. The Morgan fingerprint density at radius 2 is 1.77 bits per heavy atom. The molecule has 0 aliphatic rings. The van der Waals surface area contributed by atoms with Gasteiger partial charge in [-0.3, -0.25) is 4.79 Å². The Hall–Kier alpha value is -3.07. The number of hydrogen-bond acceptors (Lipinski definition) is 6. The summed E-state index contributed by atoms with van der Waals surface area (Å²) in [5.74, 6) is 0.0345. The molecule has 0 saturated carbocycles. The first-order chi connectivity index (χ1) is 16.9. The largest absolute Gasteiger partial charge is 0.494 e. The van der Waals surface area contributed by atoms with Crippen LogP contribution in [0.15, 0.2) is 59.7 Å². The van der Waals surface area contributed by atoms with Crippen LogP contribution in [-0.4, -0.2) is 39.3 Å². The standard InChI is InChI=1S/C25H34N4O5S/c1-2-3-18-35(31,32)28-24(25(30)34-20-22-10-6-4-7-11-22)19-21-12-14-23(15-13-21)33-17-9-5-8-16-27-29-26/h4,6-7,10-15,24,28H,2-3,5,8-9,16-20H2,1H3/t24-/m0/s1. The second-order valence-corrected chi connectivity index (χ2v) is 10.0. The number of ether oxygens (including phenoxy) is 2. The Morgan fingerprint density at radius 3 is 2.46 bits per heavy atom. The van der Waals surface area contributed by atoms with Crippen LogP contribution < -0.4 is 9.46 Å². The van der Waals surface area contributed by atoms with Crippen LogP contribution in [-0.2, 0) is 32.6 Å². The van der Waals surface area contributed by atoms with E-state index >= 15 is 0 Å². The third kappa shape index (κ3) is 11.8. The lowest BCUT2D eigenvalue weighted by Crippen LogP contribution is -2.44. The van der Waals surface area contributed by atoms with E-state index < -0.39 is 22.0 Å². The summed E-state index contributed by atoms with van der Waals surface area (Å²) in [6.07, 6.45) is 3.98. The zero-order valence-corrected chi connectivity index (χ0v) is 21.0. The number of hydrogen-bond donors (Lipinski definition) is 1. The van der Waals surface area contributed by atoms with Crippen molar-refractivity contribution in [2.45, 2.75) is 58.1 Å². The summed E-state index contributed by atoms with van der Waals surface area (Å²) in [7, 11) is -3.62. The fourth-order valence-electron chi connectivity index (χ4n) is 3.27. The average Bonchev–Trinajstić information content (AvgIpc) is 2.86. The zero-order valence-electron chi connectivity index (χ0n) is 20.1. The molecule has 0 spiro atoms. The van der Waals surface area contributed by atoms with Gasteiger partial charge in [0.05, 0.1) is 12.4 Å². The fourth-order valence-corrected chi connectivity index (χ4v) is 4.67. The van der Waals surface area contributed by atoms with E-state index in [1.165, 1.54) is 0 Å². The van der Waals surface area contributed by atoms with E-state index in [0.717, 1.165) is 36.8 Å². The Bertz CT molecular complexity index is 1040. The number of esters is 1. The third-order valence-corrected chi connectivity index (χ3v) is 6.66. The van der Waals surface area contributed by atoms with Crippen molar-refractivity contribution >= 4 is 16.0 Å². The van der Waals surface area contributed by atoms with Crippen molar-refractivity contribution in [1.29, 1.82) is 0 Å². The van der Waals surface area contributed by atoms with Crippen LogP contribution in [0.4, 0.5) is 0 Å². The molecule has 190 valence electrons. The van der Waals surface area contributed by atoms with Crippen molar-refractivity contribution in [3.63, 3.8) is 0 Å². The van der Waals surface area contributed by atoms with E-state index in [1.807, 2.05) is 49.4 Å². The minimum atomic E-state index is -3.62. The number of azide groups is 1. The summed E-state index contributed by atoms with van der Waals surface area (Å²) < 4.78 is 38.7. The number of carbonyl (C=O) groups is 1. The van der Waals surface area contributed by atoms with Gasteiger partial charge in [-0.15, -0.1) is 0 Å². The molecule has 35 heavy (non-hydrogen) atoms. The van der Waals surface area contributed by atoms with Gasteiger partial charge in [0.1, 0.15) is 18.4 Å². The Morgan fingerprint density at radius 1 is 1.03 bits per heavy atom. The third-order valence-electron chi connectivity index (χ3n) is 5.19. The molecule has 1 atom stereocenters. The van der Waals surface area contributed by atoms with E-state index in [2.05, 4.69) is 14.7 Å². The van der Waals surface area contributed by atoms with E-state index in [-0.39, 0.29) is 18.8 Å². The Kier molecular flexibility index (Phi) is 12.7. The summed E-state index contributed by atoms with van der Waals surface area (Å²) in [6.45, 7) is 3.01. The number of unbranched alkanes of at least 4 members (excludes halogenated alkanes) is 3. The molecule has 0 bridgehead atoms. The number of carbonyl (C=O) groups excluding carboxylic acids is 1. The Labute approximate surface area is 207 Å². The van der Waals surface area contributed by atoms with Crippen LogP contribution in [0.25, 0.3) is 10.4 Å². The van der Waals surface area contributed by atoms with Gasteiger partial charge in [-0.05, 0) is 60.9 Å².